The molecule has 17 heavy (non-hydrogen) atoms. The first kappa shape index (κ1) is 14.1. The van der Waals surface area contributed by atoms with Crippen LogP contribution >= 0.6 is 11.6 Å². The minimum Gasteiger partial charge on any atom is -0.505 e. The highest BCUT2D eigenvalue weighted by Gasteiger charge is 2.50. The molecule has 0 amide bonds. The topological polar surface area (TPSA) is 20.2 Å². The van der Waals surface area contributed by atoms with Crippen molar-refractivity contribution in [2.75, 3.05) is 0 Å². The molecule has 0 aromatic heterocycles. The second-order valence-corrected chi connectivity index (χ2v) is 4.72. The van der Waals surface area contributed by atoms with Crippen molar-refractivity contribution in [2.24, 2.45) is 0 Å². The second kappa shape index (κ2) is 4.05. The van der Waals surface area contributed by atoms with Crippen molar-refractivity contribution in [3.8, 4) is 5.75 Å². The van der Waals surface area contributed by atoms with Crippen LogP contribution in [-0.2, 0) is 5.41 Å². The molecule has 0 heterocycles. The SMILES string of the molecule is Cc1cc(C(C)(C)C(F)(F)F)c(Cl)c(F)c1O. The number of aryl methyl sites for hydroxylation is 1. The van der Waals surface area contributed by atoms with Gasteiger partial charge in [-0.05, 0) is 38.0 Å². The van der Waals surface area contributed by atoms with E-state index in [1.807, 2.05) is 0 Å². The van der Waals surface area contributed by atoms with Crippen molar-refractivity contribution in [1.29, 1.82) is 0 Å². The Labute approximate surface area is 101 Å². The van der Waals surface area contributed by atoms with Gasteiger partial charge in [-0.15, -0.1) is 0 Å². The van der Waals surface area contributed by atoms with Gasteiger partial charge in [0.05, 0.1) is 10.4 Å². The largest absolute Gasteiger partial charge is 0.505 e. The highest BCUT2D eigenvalue weighted by molar-refractivity contribution is 6.31. The molecule has 0 aliphatic rings. The van der Waals surface area contributed by atoms with Crippen LogP contribution in [0.1, 0.15) is 25.0 Å². The summed E-state index contributed by atoms with van der Waals surface area (Å²) in [6, 6.07) is 1.05. The molecule has 0 unspecified atom stereocenters. The molecule has 0 atom stereocenters. The molecule has 0 aliphatic heterocycles. The molecule has 0 saturated carbocycles. The summed E-state index contributed by atoms with van der Waals surface area (Å²) in [4.78, 5) is 0. The van der Waals surface area contributed by atoms with E-state index in [0.29, 0.717) is 0 Å². The first-order valence-corrected chi connectivity index (χ1v) is 5.12. The van der Waals surface area contributed by atoms with Crippen LogP contribution in [0.15, 0.2) is 6.07 Å². The van der Waals surface area contributed by atoms with Crippen LogP contribution in [0.2, 0.25) is 5.02 Å². The Morgan fingerprint density at radius 3 is 2.12 bits per heavy atom. The van der Waals surface area contributed by atoms with Gasteiger partial charge in [0.15, 0.2) is 11.6 Å². The van der Waals surface area contributed by atoms with Crippen LogP contribution in [0.3, 0.4) is 0 Å². The lowest BCUT2D eigenvalue weighted by molar-refractivity contribution is -0.180. The van der Waals surface area contributed by atoms with Crippen LogP contribution in [0.5, 0.6) is 5.75 Å². The van der Waals surface area contributed by atoms with Gasteiger partial charge < -0.3 is 5.11 Å². The lowest BCUT2D eigenvalue weighted by atomic mass is 9.83. The predicted molar refractivity (Wildman–Crippen MR) is 56.9 cm³/mol. The number of rotatable bonds is 1. The number of benzene rings is 1. The number of aromatic hydroxyl groups is 1. The molecular weight excluding hydrogens is 260 g/mol. The van der Waals surface area contributed by atoms with E-state index in [0.717, 1.165) is 19.9 Å². The van der Waals surface area contributed by atoms with Crippen molar-refractivity contribution in [2.45, 2.75) is 32.4 Å². The van der Waals surface area contributed by atoms with Crippen LogP contribution < -0.4 is 0 Å². The van der Waals surface area contributed by atoms with Crippen molar-refractivity contribution in [1.82, 2.24) is 0 Å². The Morgan fingerprint density at radius 1 is 1.24 bits per heavy atom. The third-order valence-corrected chi connectivity index (χ3v) is 3.12. The van der Waals surface area contributed by atoms with Gasteiger partial charge in [-0.1, -0.05) is 11.6 Å². The fourth-order valence-corrected chi connectivity index (χ4v) is 1.73. The Balaban J connectivity index is 3.54. The highest BCUT2D eigenvalue weighted by Crippen LogP contribution is 2.45. The molecule has 0 aliphatic carbocycles. The number of halogens is 5. The highest BCUT2D eigenvalue weighted by atomic mass is 35.5. The van der Waals surface area contributed by atoms with Crippen LogP contribution in [0, 0.1) is 12.7 Å². The van der Waals surface area contributed by atoms with E-state index in [2.05, 4.69) is 0 Å². The second-order valence-electron chi connectivity index (χ2n) is 4.34. The van der Waals surface area contributed by atoms with Crippen LogP contribution in [0.25, 0.3) is 0 Å². The molecule has 0 radical (unpaired) electrons. The van der Waals surface area contributed by atoms with Crippen molar-refractivity contribution >= 4 is 11.6 Å². The standard InChI is InChI=1S/C11H11ClF4O/c1-5-4-6(7(12)8(13)9(5)17)10(2,3)11(14,15)16/h4,17H,1-3H3. The first-order chi connectivity index (χ1) is 7.50. The number of alkyl halides is 3. The average Bonchev–Trinajstić information content (AvgIpc) is 2.18. The predicted octanol–water partition coefficient (Wildman–Crippen LogP) is 4.33. The van der Waals surface area contributed by atoms with Gasteiger partial charge in [0.2, 0.25) is 0 Å². The summed E-state index contributed by atoms with van der Waals surface area (Å²) in [7, 11) is 0. The van der Waals surface area contributed by atoms with Gasteiger partial charge >= 0.3 is 6.18 Å². The van der Waals surface area contributed by atoms with Gasteiger partial charge in [-0.2, -0.15) is 13.2 Å². The molecule has 1 rings (SSSR count). The zero-order valence-electron chi connectivity index (χ0n) is 9.41. The summed E-state index contributed by atoms with van der Waals surface area (Å²) in [5.74, 6) is -1.95. The minimum atomic E-state index is -4.56. The smallest absolute Gasteiger partial charge is 0.397 e. The number of hydrogen-bond acceptors (Lipinski definition) is 1. The van der Waals surface area contributed by atoms with Crippen LogP contribution in [0.4, 0.5) is 17.6 Å². The zero-order valence-corrected chi connectivity index (χ0v) is 10.2. The fraction of sp³-hybridized carbons (Fsp3) is 0.455. The summed E-state index contributed by atoms with van der Waals surface area (Å²) in [6.07, 6.45) is -4.56. The zero-order chi connectivity index (χ0) is 13.6. The molecule has 1 nitrogen and oxygen atoms in total. The molecule has 96 valence electrons. The fourth-order valence-electron chi connectivity index (χ4n) is 1.35. The Morgan fingerprint density at radius 2 is 1.71 bits per heavy atom. The molecule has 1 aromatic rings. The molecule has 6 heteroatoms. The summed E-state index contributed by atoms with van der Waals surface area (Å²) >= 11 is 5.53. The normalized spacial score (nSPS) is 12.9. The third kappa shape index (κ3) is 2.20. The summed E-state index contributed by atoms with van der Waals surface area (Å²) in [6.45, 7) is 3.12. The lowest BCUT2D eigenvalue weighted by Crippen LogP contribution is -2.36. The lowest BCUT2D eigenvalue weighted by Gasteiger charge is -2.29. The summed E-state index contributed by atoms with van der Waals surface area (Å²) < 4.78 is 51.9. The average molecular weight is 271 g/mol. The van der Waals surface area contributed by atoms with E-state index in [9.17, 15) is 22.7 Å². The number of phenolic OH excluding ortho intramolecular Hbond substituents is 1. The minimum absolute atomic E-state index is 0.0132. The maximum atomic E-state index is 13.4. The van der Waals surface area contributed by atoms with Gasteiger partial charge in [0.25, 0.3) is 0 Å². The quantitative estimate of drug-likeness (QED) is 0.753. The van der Waals surface area contributed by atoms with E-state index in [-0.39, 0.29) is 11.1 Å². The molecule has 0 bridgehead atoms. The molecule has 1 N–H and O–H groups in total. The molecular formula is C11H11ClF4O. The number of phenols is 1. The summed E-state index contributed by atoms with van der Waals surface area (Å²) in [5.41, 5.74) is -2.66. The third-order valence-electron chi connectivity index (χ3n) is 2.75. The van der Waals surface area contributed by atoms with Gasteiger partial charge in [-0.25, -0.2) is 4.39 Å². The first-order valence-electron chi connectivity index (χ1n) is 4.75. The van der Waals surface area contributed by atoms with Crippen molar-refractivity contribution < 1.29 is 22.7 Å². The number of hydrogen-bond donors (Lipinski definition) is 1. The van der Waals surface area contributed by atoms with E-state index in [1.165, 1.54) is 6.92 Å². The van der Waals surface area contributed by atoms with E-state index >= 15 is 0 Å². The van der Waals surface area contributed by atoms with Crippen molar-refractivity contribution in [3.63, 3.8) is 0 Å². The van der Waals surface area contributed by atoms with Crippen molar-refractivity contribution in [3.05, 3.63) is 28.0 Å². The molecule has 0 spiro atoms. The Kier molecular flexibility index (Phi) is 3.36. The summed E-state index contributed by atoms with van der Waals surface area (Å²) in [5, 5.41) is 8.54. The van der Waals surface area contributed by atoms with Crippen LogP contribution in [-0.4, -0.2) is 11.3 Å². The molecule has 0 fully saturated rings. The molecule has 0 saturated heterocycles. The van der Waals surface area contributed by atoms with E-state index < -0.39 is 28.2 Å². The Bertz CT molecular complexity index is 452. The van der Waals surface area contributed by atoms with Gasteiger partial charge in [0, 0.05) is 0 Å². The van der Waals surface area contributed by atoms with E-state index in [1.54, 1.807) is 0 Å². The maximum Gasteiger partial charge on any atom is 0.397 e. The Hall–Kier alpha value is -0.970. The van der Waals surface area contributed by atoms with Gasteiger partial charge in [-0.3, -0.25) is 0 Å². The van der Waals surface area contributed by atoms with Gasteiger partial charge in [0.1, 0.15) is 0 Å². The molecule has 1 aromatic carbocycles. The maximum absolute atomic E-state index is 13.4. The monoisotopic (exact) mass is 270 g/mol. The van der Waals surface area contributed by atoms with E-state index in [4.69, 9.17) is 11.6 Å².